The number of likely N-dealkylation sites (N-methyl/N-ethyl adjacent to an activating group) is 1. The van der Waals surface area contributed by atoms with Gasteiger partial charge >= 0.3 is 0 Å². The van der Waals surface area contributed by atoms with E-state index in [0.29, 0.717) is 0 Å². The van der Waals surface area contributed by atoms with Crippen molar-refractivity contribution in [2.75, 3.05) is 46.9 Å². The van der Waals surface area contributed by atoms with Crippen LogP contribution in [0.3, 0.4) is 0 Å². The molecule has 0 atom stereocenters. The molecular weight excluding hydrogens is 336 g/mol. The first-order chi connectivity index (χ1) is 13.1. The molecule has 1 aliphatic carbocycles. The molecule has 2 fully saturated rings. The Bertz CT molecular complexity index is 604. The zero-order valence-corrected chi connectivity index (χ0v) is 17.3. The van der Waals surface area contributed by atoms with Gasteiger partial charge in [-0.15, -0.1) is 0 Å². The first kappa shape index (κ1) is 20.2. The number of aliphatic imine (C=N–C) groups is 1. The van der Waals surface area contributed by atoms with Crippen LogP contribution in [0.2, 0.25) is 0 Å². The number of hydrogen-bond acceptors (Lipinski definition) is 3. The normalized spacial score (nSPS) is 21.6. The minimum absolute atomic E-state index is 0.105. The highest BCUT2D eigenvalue weighted by molar-refractivity contribution is 5.80. The van der Waals surface area contributed by atoms with E-state index in [4.69, 9.17) is 9.73 Å². The van der Waals surface area contributed by atoms with Gasteiger partial charge in [0.2, 0.25) is 0 Å². The maximum atomic E-state index is 5.59. The Hall–Kier alpha value is -1.59. The van der Waals surface area contributed by atoms with Gasteiger partial charge in [0.1, 0.15) is 0 Å². The van der Waals surface area contributed by atoms with Gasteiger partial charge in [0.05, 0.1) is 6.54 Å². The van der Waals surface area contributed by atoms with Crippen LogP contribution in [0.5, 0.6) is 0 Å². The molecule has 5 heteroatoms. The highest BCUT2D eigenvalue weighted by Crippen LogP contribution is 2.43. The second-order valence-corrected chi connectivity index (χ2v) is 8.28. The summed E-state index contributed by atoms with van der Waals surface area (Å²) in [7, 11) is 4.33. The van der Waals surface area contributed by atoms with Crippen LogP contribution < -0.4 is 10.6 Å². The first-order valence-corrected chi connectivity index (χ1v) is 10.4. The zero-order valence-electron chi connectivity index (χ0n) is 17.3. The summed E-state index contributed by atoms with van der Waals surface area (Å²) in [5, 5.41) is 7.09. The summed E-state index contributed by atoms with van der Waals surface area (Å²) in [5.41, 5.74) is 1.82. The Morgan fingerprint density at radius 3 is 2.33 bits per heavy atom. The van der Waals surface area contributed by atoms with Crippen molar-refractivity contribution < 1.29 is 4.74 Å². The molecule has 1 saturated carbocycles. The lowest BCUT2D eigenvalue weighted by Gasteiger charge is -2.43. The molecule has 0 unspecified atom stereocenters. The molecule has 1 heterocycles. The third-order valence-electron chi connectivity index (χ3n) is 6.54. The van der Waals surface area contributed by atoms with E-state index in [1.165, 1.54) is 24.8 Å². The summed E-state index contributed by atoms with van der Waals surface area (Å²) in [5.74, 6) is 0.937. The standard InChI is InChI=1S/C22H36N4O/c1-4-23-20(25-18-22(26(2)3)13-15-27-16-14-22)24-17-21(11-8-12-21)19-9-6-5-7-10-19/h5-7,9-10H,4,8,11-18H2,1-3H3,(H2,23,24,25). The van der Waals surface area contributed by atoms with E-state index in [9.17, 15) is 0 Å². The Morgan fingerprint density at radius 2 is 1.78 bits per heavy atom. The summed E-state index contributed by atoms with van der Waals surface area (Å²) in [6.07, 6.45) is 5.90. The van der Waals surface area contributed by atoms with Crippen molar-refractivity contribution in [3.8, 4) is 0 Å². The molecule has 1 aromatic carbocycles. The van der Waals surface area contributed by atoms with Gasteiger partial charge in [-0.2, -0.15) is 0 Å². The van der Waals surface area contributed by atoms with E-state index in [-0.39, 0.29) is 11.0 Å². The predicted octanol–water partition coefficient (Wildman–Crippen LogP) is 2.77. The van der Waals surface area contributed by atoms with Crippen LogP contribution in [0.4, 0.5) is 0 Å². The Balaban J connectivity index is 1.67. The SMILES string of the molecule is CCNC(=NCC1(N(C)C)CCOCC1)NCC1(c2ccccc2)CCC1. The number of guanidine groups is 1. The van der Waals surface area contributed by atoms with Crippen LogP contribution in [0, 0.1) is 0 Å². The average molecular weight is 373 g/mol. The van der Waals surface area contributed by atoms with E-state index in [2.05, 4.69) is 66.9 Å². The van der Waals surface area contributed by atoms with Gasteiger partial charge in [-0.3, -0.25) is 4.99 Å². The molecular formula is C22H36N4O. The van der Waals surface area contributed by atoms with Gasteiger partial charge in [-0.25, -0.2) is 0 Å². The van der Waals surface area contributed by atoms with Crippen molar-refractivity contribution in [2.45, 2.75) is 50.0 Å². The van der Waals surface area contributed by atoms with Crippen LogP contribution in [-0.4, -0.2) is 63.3 Å². The van der Waals surface area contributed by atoms with Gasteiger partial charge < -0.3 is 20.3 Å². The Kier molecular flexibility index (Phi) is 6.77. The van der Waals surface area contributed by atoms with Crippen molar-refractivity contribution in [3.05, 3.63) is 35.9 Å². The van der Waals surface area contributed by atoms with Crippen LogP contribution in [-0.2, 0) is 10.2 Å². The number of nitrogens with zero attached hydrogens (tertiary/aromatic N) is 2. The summed E-state index contributed by atoms with van der Waals surface area (Å²) in [6, 6.07) is 11.0. The number of hydrogen-bond donors (Lipinski definition) is 2. The van der Waals surface area contributed by atoms with Crippen LogP contribution in [0.25, 0.3) is 0 Å². The molecule has 2 N–H and O–H groups in total. The molecule has 0 spiro atoms. The maximum Gasteiger partial charge on any atom is 0.191 e. The summed E-state index contributed by atoms with van der Waals surface area (Å²) < 4.78 is 5.59. The lowest BCUT2D eigenvalue weighted by Crippen LogP contribution is -2.52. The number of nitrogens with one attached hydrogen (secondary N) is 2. The number of benzene rings is 1. The van der Waals surface area contributed by atoms with Crippen molar-refractivity contribution in [1.29, 1.82) is 0 Å². The number of ether oxygens (including phenoxy) is 1. The molecule has 1 saturated heterocycles. The van der Waals surface area contributed by atoms with Gasteiger partial charge in [-0.05, 0) is 52.3 Å². The minimum atomic E-state index is 0.105. The van der Waals surface area contributed by atoms with E-state index in [1.54, 1.807) is 0 Å². The Morgan fingerprint density at radius 1 is 1.07 bits per heavy atom. The van der Waals surface area contributed by atoms with Crippen molar-refractivity contribution in [2.24, 2.45) is 4.99 Å². The lowest BCUT2D eigenvalue weighted by molar-refractivity contribution is -0.00255. The molecule has 1 aliphatic heterocycles. The smallest absolute Gasteiger partial charge is 0.191 e. The second-order valence-electron chi connectivity index (χ2n) is 8.28. The summed E-state index contributed by atoms with van der Waals surface area (Å²) >= 11 is 0. The molecule has 150 valence electrons. The van der Waals surface area contributed by atoms with E-state index >= 15 is 0 Å². The first-order valence-electron chi connectivity index (χ1n) is 10.4. The monoisotopic (exact) mass is 372 g/mol. The average Bonchev–Trinajstić information content (AvgIpc) is 2.66. The predicted molar refractivity (Wildman–Crippen MR) is 112 cm³/mol. The maximum absolute atomic E-state index is 5.59. The van der Waals surface area contributed by atoms with Crippen molar-refractivity contribution >= 4 is 5.96 Å². The molecule has 3 rings (SSSR count). The highest BCUT2D eigenvalue weighted by atomic mass is 16.5. The summed E-state index contributed by atoms with van der Waals surface area (Å²) in [4.78, 5) is 7.32. The molecule has 0 bridgehead atoms. The van der Waals surface area contributed by atoms with E-state index in [0.717, 1.165) is 51.6 Å². The topological polar surface area (TPSA) is 48.9 Å². The Labute approximate surface area is 164 Å². The zero-order chi connectivity index (χ0) is 19.2. The largest absolute Gasteiger partial charge is 0.381 e. The quantitative estimate of drug-likeness (QED) is 0.571. The molecule has 0 amide bonds. The van der Waals surface area contributed by atoms with E-state index in [1.807, 2.05) is 0 Å². The molecule has 27 heavy (non-hydrogen) atoms. The molecule has 0 aromatic heterocycles. The highest BCUT2D eigenvalue weighted by Gasteiger charge is 2.39. The van der Waals surface area contributed by atoms with Crippen LogP contribution in [0.15, 0.2) is 35.3 Å². The minimum Gasteiger partial charge on any atom is -0.381 e. The number of rotatable bonds is 7. The van der Waals surface area contributed by atoms with Crippen LogP contribution in [0.1, 0.15) is 44.6 Å². The molecule has 2 aliphatic rings. The lowest BCUT2D eigenvalue weighted by atomic mass is 9.64. The molecule has 1 aromatic rings. The fourth-order valence-corrected chi connectivity index (χ4v) is 4.28. The van der Waals surface area contributed by atoms with Crippen molar-refractivity contribution in [1.82, 2.24) is 15.5 Å². The van der Waals surface area contributed by atoms with Crippen molar-refractivity contribution in [3.63, 3.8) is 0 Å². The third-order valence-corrected chi connectivity index (χ3v) is 6.54. The fraction of sp³-hybridized carbons (Fsp3) is 0.682. The molecule has 0 radical (unpaired) electrons. The third kappa shape index (κ3) is 4.64. The van der Waals surface area contributed by atoms with Gasteiger partial charge in [0, 0.05) is 37.3 Å². The molecule has 5 nitrogen and oxygen atoms in total. The van der Waals surface area contributed by atoms with Gasteiger partial charge in [-0.1, -0.05) is 36.8 Å². The second kappa shape index (κ2) is 9.07. The summed E-state index contributed by atoms with van der Waals surface area (Å²) in [6.45, 7) is 6.41. The van der Waals surface area contributed by atoms with E-state index < -0.39 is 0 Å². The van der Waals surface area contributed by atoms with Gasteiger partial charge in [0.15, 0.2) is 5.96 Å². The van der Waals surface area contributed by atoms with Gasteiger partial charge in [0.25, 0.3) is 0 Å². The fourth-order valence-electron chi connectivity index (χ4n) is 4.28. The van der Waals surface area contributed by atoms with Crippen LogP contribution >= 0.6 is 0 Å².